The lowest BCUT2D eigenvalue weighted by Gasteiger charge is -2.17. The molecule has 0 radical (unpaired) electrons. The molecule has 84 valence electrons. The molecule has 0 saturated heterocycles. The Morgan fingerprint density at radius 1 is 0.714 bits per heavy atom. The smallest absolute Gasteiger partial charge is 0.0236 e. The summed E-state index contributed by atoms with van der Waals surface area (Å²) in [6, 6.07) is 0. The van der Waals surface area contributed by atoms with Crippen molar-refractivity contribution < 1.29 is 0 Å². The van der Waals surface area contributed by atoms with E-state index in [-0.39, 0.29) is 0 Å². The fraction of sp³-hybridized carbons (Fsp3) is 0.857. The summed E-state index contributed by atoms with van der Waals surface area (Å²) in [6.07, 6.45) is 7.38. The number of hydrogen-bond acceptors (Lipinski definition) is 0. The summed E-state index contributed by atoms with van der Waals surface area (Å²) in [5, 5.41) is 0. The van der Waals surface area contributed by atoms with Gasteiger partial charge in [0.1, 0.15) is 0 Å². The minimum atomic E-state index is 0.728. The maximum atomic E-state index is 2.41. The number of allylic oxidation sites excluding steroid dienone is 2. The molecule has 4 atom stereocenters. The topological polar surface area (TPSA) is 0 Å². The average molecular weight is 196 g/mol. The first-order chi connectivity index (χ1) is 6.52. The molecule has 14 heavy (non-hydrogen) atoms. The first-order valence-electron chi connectivity index (χ1n) is 6.21. The van der Waals surface area contributed by atoms with Crippen molar-refractivity contribution in [2.75, 3.05) is 0 Å². The Morgan fingerprint density at radius 3 is 1.21 bits per heavy atom. The minimum absolute atomic E-state index is 0.728. The van der Waals surface area contributed by atoms with Crippen molar-refractivity contribution in [3.8, 4) is 0 Å². The second kappa shape index (κ2) is 7.09. The van der Waals surface area contributed by atoms with Crippen LogP contribution in [-0.2, 0) is 0 Å². The maximum Gasteiger partial charge on any atom is -0.0236 e. The Morgan fingerprint density at radius 2 is 1.00 bits per heavy atom. The van der Waals surface area contributed by atoms with Crippen LogP contribution in [0.4, 0.5) is 0 Å². The first-order valence-corrected chi connectivity index (χ1v) is 6.21. The van der Waals surface area contributed by atoms with Crippen molar-refractivity contribution in [2.45, 2.75) is 54.4 Å². The molecule has 0 N–H and O–H groups in total. The Labute approximate surface area is 90.8 Å². The highest BCUT2D eigenvalue weighted by Gasteiger charge is 2.09. The van der Waals surface area contributed by atoms with Gasteiger partial charge in [0.25, 0.3) is 0 Å². The second-order valence-corrected chi connectivity index (χ2v) is 4.87. The molecule has 0 bridgehead atoms. The van der Waals surface area contributed by atoms with E-state index in [9.17, 15) is 0 Å². The maximum absolute atomic E-state index is 2.41. The number of hydrogen-bond donors (Lipinski definition) is 0. The fourth-order valence-electron chi connectivity index (χ4n) is 1.47. The van der Waals surface area contributed by atoms with Gasteiger partial charge in [-0.1, -0.05) is 66.5 Å². The van der Waals surface area contributed by atoms with Crippen LogP contribution in [0.3, 0.4) is 0 Å². The Hall–Kier alpha value is -0.260. The standard InChI is InChI=1S/C14H28/c1-7-11(3)13(5)9-10-14(6)12(4)8-2/h9-14H,7-8H2,1-6H3. The van der Waals surface area contributed by atoms with E-state index < -0.39 is 0 Å². The summed E-state index contributed by atoms with van der Waals surface area (Å²) in [5.41, 5.74) is 0. The van der Waals surface area contributed by atoms with Gasteiger partial charge in [-0.15, -0.1) is 0 Å². The third-order valence-corrected chi connectivity index (χ3v) is 3.80. The molecular weight excluding hydrogens is 168 g/mol. The molecule has 0 aliphatic heterocycles. The van der Waals surface area contributed by atoms with Gasteiger partial charge in [-0.2, -0.15) is 0 Å². The minimum Gasteiger partial charge on any atom is -0.0852 e. The lowest BCUT2D eigenvalue weighted by molar-refractivity contribution is 0.425. The molecule has 4 unspecified atom stereocenters. The van der Waals surface area contributed by atoms with Crippen LogP contribution >= 0.6 is 0 Å². The van der Waals surface area contributed by atoms with Crippen molar-refractivity contribution in [1.29, 1.82) is 0 Å². The monoisotopic (exact) mass is 196 g/mol. The molecule has 0 aromatic heterocycles. The zero-order valence-electron chi connectivity index (χ0n) is 10.9. The quantitative estimate of drug-likeness (QED) is 0.530. The zero-order chi connectivity index (χ0) is 11.1. The highest BCUT2D eigenvalue weighted by Crippen LogP contribution is 2.20. The molecule has 0 saturated carbocycles. The van der Waals surface area contributed by atoms with Gasteiger partial charge in [0.15, 0.2) is 0 Å². The molecule has 0 nitrogen and oxygen atoms in total. The molecule has 0 aromatic carbocycles. The average Bonchev–Trinajstić information content (AvgIpc) is 2.22. The fourth-order valence-corrected chi connectivity index (χ4v) is 1.47. The van der Waals surface area contributed by atoms with Gasteiger partial charge in [0.2, 0.25) is 0 Å². The van der Waals surface area contributed by atoms with Crippen LogP contribution in [0.15, 0.2) is 12.2 Å². The van der Waals surface area contributed by atoms with Crippen LogP contribution in [0, 0.1) is 23.7 Å². The summed E-state index contributed by atoms with van der Waals surface area (Å²) < 4.78 is 0. The van der Waals surface area contributed by atoms with E-state index in [0.29, 0.717) is 0 Å². The van der Waals surface area contributed by atoms with Crippen LogP contribution < -0.4 is 0 Å². The van der Waals surface area contributed by atoms with E-state index in [0.717, 1.165) is 23.7 Å². The third-order valence-electron chi connectivity index (χ3n) is 3.80. The van der Waals surface area contributed by atoms with Crippen molar-refractivity contribution in [3.05, 3.63) is 12.2 Å². The molecule has 0 aliphatic carbocycles. The van der Waals surface area contributed by atoms with Gasteiger partial charge in [0.05, 0.1) is 0 Å². The molecule has 0 aliphatic rings. The van der Waals surface area contributed by atoms with Crippen molar-refractivity contribution in [3.63, 3.8) is 0 Å². The van der Waals surface area contributed by atoms with E-state index in [1.807, 2.05) is 0 Å². The summed E-state index contributed by atoms with van der Waals surface area (Å²) in [4.78, 5) is 0. The lowest BCUT2D eigenvalue weighted by atomic mass is 9.89. The van der Waals surface area contributed by atoms with E-state index in [1.54, 1.807) is 0 Å². The zero-order valence-corrected chi connectivity index (χ0v) is 10.9. The summed E-state index contributed by atoms with van der Waals surface area (Å²) >= 11 is 0. The highest BCUT2D eigenvalue weighted by molar-refractivity contribution is 4.92. The molecule has 0 heterocycles. The highest BCUT2D eigenvalue weighted by atomic mass is 14.1. The summed E-state index contributed by atoms with van der Waals surface area (Å²) in [5.74, 6) is 3.09. The molecular formula is C14H28. The van der Waals surface area contributed by atoms with E-state index >= 15 is 0 Å². The molecule has 0 heteroatoms. The van der Waals surface area contributed by atoms with Crippen molar-refractivity contribution >= 4 is 0 Å². The van der Waals surface area contributed by atoms with E-state index in [1.165, 1.54) is 12.8 Å². The van der Waals surface area contributed by atoms with Gasteiger partial charge < -0.3 is 0 Å². The van der Waals surface area contributed by atoms with Crippen LogP contribution in [-0.4, -0.2) is 0 Å². The number of rotatable bonds is 6. The van der Waals surface area contributed by atoms with Gasteiger partial charge >= 0.3 is 0 Å². The predicted molar refractivity (Wildman–Crippen MR) is 66.4 cm³/mol. The Kier molecular flexibility index (Phi) is 6.96. The molecule has 0 spiro atoms. The van der Waals surface area contributed by atoms with Gasteiger partial charge in [-0.05, 0) is 23.7 Å². The van der Waals surface area contributed by atoms with Crippen LogP contribution in [0.25, 0.3) is 0 Å². The Bertz CT molecular complexity index is 139. The predicted octanol–water partition coefficient (Wildman–Crippen LogP) is 4.91. The third kappa shape index (κ3) is 4.83. The van der Waals surface area contributed by atoms with Crippen LogP contribution in [0.1, 0.15) is 54.4 Å². The summed E-state index contributed by atoms with van der Waals surface area (Å²) in [6.45, 7) is 13.9. The second-order valence-electron chi connectivity index (χ2n) is 4.87. The van der Waals surface area contributed by atoms with Gasteiger partial charge in [-0.3, -0.25) is 0 Å². The molecule has 0 rings (SSSR count). The first kappa shape index (κ1) is 13.7. The Balaban J connectivity index is 4.02. The summed E-state index contributed by atoms with van der Waals surface area (Å²) in [7, 11) is 0. The van der Waals surface area contributed by atoms with Crippen molar-refractivity contribution in [1.82, 2.24) is 0 Å². The normalized spacial score (nSPS) is 20.7. The van der Waals surface area contributed by atoms with E-state index in [2.05, 4.69) is 53.7 Å². The largest absolute Gasteiger partial charge is 0.0852 e. The SMILES string of the molecule is CCC(C)C(C)C=CC(C)C(C)CC. The van der Waals surface area contributed by atoms with Crippen molar-refractivity contribution in [2.24, 2.45) is 23.7 Å². The molecule has 0 amide bonds. The van der Waals surface area contributed by atoms with Crippen LogP contribution in [0.2, 0.25) is 0 Å². The molecule has 0 fully saturated rings. The van der Waals surface area contributed by atoms with Gasteiger partial charge in [0, 0.05) is 0 Å². The lowest BCUT2D eigenvalue weighted by Crippen LogP contribution is -2.07. The van der Waals surface area contributed by atoms with E-state index in [4.69, 9.17) is 0 Å². The van der Waals surface area contributed by atoms with Crippen LogP contribution in [0.5, 0.6) is 0 Å². The van der Waals surface area contributed by atoms with Gasteiger partial charge in [-0.25, -0.2) is 0 Å². The molecule has 0 aromatic rings.